The van der Waals surface area contributed by atoms with Gasteiger partial charge in [0.15, 0.2) is 11.5 Å². The van der Waals surface area contributed by atoms with E-state index in [4.69, 9.17) is 9.47 Å². The summed E-state index contributed by atoms with van der Waals surface area (Å²) in [4.78, 5) is 24.7. The number of benzene rings is 2. The molecule has 28 heavy (non-hydrogen) atoms. The number of carbonyl (C=O) groups is 2. The molecule has 2 aromatic carbocycles. The Kier molecular flexibility index (Phi) is 8.32. The van der Waals surface area contributed by atoms with Crippen LogP contribution in [-0.2, 0) is 11.2 Å². The van der Waals surface area contributed by atoms with Gasteiger partial charge in [0.2, 0.25) is 5.91 Å². The van der Waals surface area contributed by atoms with Gasteiger partial charge in [-0.3, -0.25) is 9.59 Å². The minimum absolute atomic E-state index is 0.134. The molecule has 0 saturated carbocycles. The second kappa shape index (κ2) is 10.7. The Labute approximate surface area is 173 Å². The lowest BCUT2D eigenvalue weighted by Crippen LogP contribution is -2.33. The fourth-order valence-corrected chi connectivity index (χ4v) is 3.16. The Bertz CT molecular complexity index is 839. The van der Waals surface area contributed by atoms with E-state index in [0.29, 0.717) is 28.1 Å². The number of para-hydroxylation sites is 1. The number of amides is 2. The van der Waals surface area contributed by atoms with Crippen LogP contribution in [0.25, 0.3) is 0 Å². The van der Waals surface area contributed by atoms with Crippen molar-refractivity contribution in [2.24, 2.45) is 0 Å². The van der Waals surface area contributed by atoms with Crippen LogP contribution < -0.4 is 20.1 Å². The van der Waals surface area contributed by atoms with Gasteiger partial charge in [-0.05, 0) is 52.5 Å². The van der Waals surface area contributed by atoms with E-state index in [1.807, 2.05) is 38.1 Å². The van der Waals surface area contributed by atoms with Gasteiger partial charge in [0, 0.05) is 11.3 Å². The second-order valence-corrected chi connectivity index (χ2v) is 6.93. The summed E-state index contributed by atoms with van der Waals surface area (Å²) in [6.45, 7) is 4.43. The van der Waals surface area contributed by atoms with Crippen LogP contribution in [0, 0.1) is 0 Å². The van der Waals surface area contributed by atoms with Gasteiger partial charge in [0.05, 0.1) is 24.7 Å². The summed E-state index contributed by atoms with van der Waals surface area (Å²) < 4.78 is 11.6. The molecular formula is C21H25BrN2O4. The van der Waals surface area contributed by atoms with Crippen LogP contribution >= 0.6 is 15.9 Å². The Balaban J connectivity index is 2.02. The molecule has 0 spiro atoms. The maximum absolute atomic E-state index is 12.5. The van der Waals surface area contributed by atoms with Crippen molar-refractivity contribution in [1.82, 2.24) is 5.32 Å². The molecule has 0 fully saturated rings. The molecule has 7 heteroatoms. The number of methoxy groups -OCH3 is 1. The van der Waals surface area contributed by atoms with Gasteiger partial charge >= 0.3 is 0 Å². The molecule has 2 amide bonds. The fourth-order valence-electron chi connectivity index (χ4n) is 2.60. The summed E-state index contributed by atoms with van der Waals surface area (Å²) in [6, 6.07) is 10.8. The van der Waals surface area contributed by atoms with Crippen LogP contribution in [-0.4, -0.2) is 32.1 Å². The fraction of sp³-hybridized carbons (Fsp3) is 0.333. The van der Waals surface area contributed by atoms with E-state index in [1.165, 1.54) is 7.11 Å². The molecule has 2 aromatic rings. The monoisotopic (exact) mass is 448 g/mol. The Morgan fingerprint density at radius 3 is 2.57 bits per heavy atom. The molecule has 0 bridgehead atoms. The topological polar surface area (TPSA) is 76.7 Å². The lowest BCUT2D eigenvalue weighted by atomic mass is 10.1. The van der Waals surface area contributed by atoms with Gasteiger partial charge in [0.1, 0.15) is 0 Å². The first-order valence-corrected chi connectivity index (χ1v) is 9.95. The Morgan fingerprint density at radius 1 is 1.14 bits per heavy atom. The number of halogens is 1. The summed E-state index contributed by atoms with van der Waals surface area (Å²) in [7, 11) is 1.51. The highest BCUT2D eigenvalue weighted by Crippen LogP contribution is 2.36. The first-order chi connectivity index (χ1) is 13.5. The maximum Gasteiger partial charge on any atom is 0.251 e. The molecule has 2 N–H and O–H groups in total. The molecule has 0 heterocycles. The molecule has 6 nitrogen and oxygen atoms in total. The zero-order chi connectivity index (χ0) is 20.5. The number of carbonyl (C=O) groups excluding carboxylic acids is 2. The summed E-state index contributed by atoms with van der Waals surface area (Å²) in [5, 5.41) is 5.46. The lowest BCUT2D eigenvalue weighted by Gasteiger charge is -2.14. The average Bonchev–Trinajstić information content (AvgIpc) is 2.70. The number of anilines is 1. The van der Waals surface area contributed by atoms with Crippen molar-refractivity contribution < 1.29 is 19.1 Å². The molecule has 0 saturated heterocycles. The van der Waals surface area contributed by atoms with Gasteiger partial charge in [-0.2, -0.15) is 0 Å². The lowest BCUT2D eigenvalue weighted by molar-refractivity contribution is -0.115. The zero-order valence-corrected chi connectivity index (χ0v) is 17.9. The van der Waals surface area contributed by atoms with Gasteiger partial charge in [-0.25, -0.2) is 0 Å². The molecule has 0 aromatic heterocycles. The minimum atomic E-state index is -0.375. The van der Waals surface area contributed by atoms with Crippen molar-refractivity contribution in [3.05, 3.63) is 52.0 Å². The second-order valence-electron chi connectivity index (χ2n) is 6.08. The molecule has 2 rings (SSSR count). The first-order valence-electron chi connectivity index (χ1n) is 9.16. The van der Waals surface area contributed by atoms with Crippen molar-refractivity contribution in [1.29, 1.82) is 0 Å². The predicted octanol–water partition coefficient (Wildman–Crippen LogP) is 4.18. The smallest absolute Gasteiger partial charge is 0.251 e. The third-order valence-corrected chi connectivity index (χ3v) is 4.61. The van der Waals surface area contributed by atoms with E-state index >= 15 is 0 Å². The van der Waals surface area contributed by atoms with Crippen LogP contribution in [0.4, 0.5) is 5.69 Å². The highest BCUT2D eigenvalue weighted by molar-refractivity contribution is 9.10. The number of rotatable bonds is 9. The Hall–Kier alpha value is -2.54. The molecule has 0 aliphatic carbocycles. The van der Waals surface area contributed by atoms with Crippen LogP contribution in [0.2, 0.25) is 0 Å². The van der Waals surface area contributed by atoms with E-state index in [2.05, 4.69) is 26.6 Å². The van der Waals surface area contributed by atoms with E-state index in [9.17, 15) is 9.59 Å². The van der Waals surface area contributed by atoms with E-state index in [0.717, 1.165) is 24.1 Å². The van der Waals surface area contributed by atoms with Crippen molar-refractivity contribution in [3.63, 3.8) is 0 Å². The van der Waals surface area contributed by atoms with Crippen LogP contribution in [0.1, 0.15) is 36.2 Å². The summed E-state index contributed by atoms with van der Waals surface area (Å²) in [6.07, 6.45) is 1.66. The standard InChI is InChI=1S/C21H25BrN2O4/c1-4-10-28-20-16(22)11-15(12-18(20)27-3)21(26)23-13-19(25)24-17-9-7-6-8-14(17)5-2/h6-9,11-12H,4-5,10,13H2,1-3H3,(H,23,26)(H,24,25). The third-order valence-electron chi connectivity index (χ3n) is 4.02. The number of hydrogen-bond acceptors (Lipinski definition) is 4. The minimum Gasteiger partial charge on any atom is -0.493 e. The van der Waals surface area contributed by atoms with Crippen molar-refractivity contribution in [2.45, 2.75) is 26.7 Å². The number of nitrogens with one attached hydrogen (secondary N) is 2. The maximum atomic E-state index is 12.5. The van der Waals surface area contributed by atoms with E-state index in [-0.39, 0.29) is 18.4 Å². The van der Waals surface area contributed by atoms with E-state index < -0.39 is 0 Å². The number of hydrogen-bond donors (Lipinski definition) is 2. The molecule has 0 atom stereocenters. The molecule has 0 aliphatic heterocycles. The van der Waals surface area contributed by atoms with Gasteiger partial charge < -0.3 is 20.1 Å². The van der Waals surface area contributed by atoms with Gasteiger partial charge in [0.25, 0.3) is 5.91 Å². The summed E-state index contributed by atoms with van der Waals surface area (Å²) in [5.41, 5.74) is 2.17. The first kappa shape index (κ1) is 21.8. The van der Waals surface area contributed by atoms with Gasteiger partial charge in [-0.15, -0.1) is 0 Å². The van der Waals surface area contributed by atoms with E-state index in [1.54, 1.807) is 12.1 Å². The van der Waals surface area contributed by atoms with Crippen molar-refractivity contribution in [3.8, 4) is 11.5 Å². The van der Waals surface area contributed by atoms with Crippen molar-refractivity contribution >= 4 is 33.4 Å². The number of ether oxygens (including phenoxy) is 2. The highest BCUT2D eigenvalue weighted by atomic mass is 79.9. The molecule has 0 radical (unpaired) electrons. The summed E-state index contributed by atoms with van der Waals surface area (Å²) >= 11 is 3.41. The van der Waals surface area contributed by atoms with Crippen molar-refractivity contribution in [2.75, 3.05) is 25.6 Å². The highest BCUT2D eigenvalue weighted by Gasteiger charge is 2.16. The predicted molar refractivity (Wildman–Crippen MR) is 113 cm³/mol. The van der Waals surface area contributed by atoms with Crippen LogP contribution in [0.15, 0.2) is 40.9 Å². The Morgan fingerprint density at radius 2 is 1.89 bits per heavy atom. The molecular weight excluding hydrogens is 424 g/mol. The average molecular weight is 449 g/mol. The molecule has 0 aliphatic rings. The zero-order valence-electron chi connectivity index (χ0n) is 16.3. The van der Waals surface area contributed by atoms with Crippen LogP contribution in [0.5, 0.6) is 11.5 Å². The van der Waals surface area contributed by atoms with Crippen LogP contribution in [0.3, 0.4) is 0 Å². The molecule has 150 valence electrons. The quantitative estimate of drug-likeness (QED) is 0.603. The SMILES string of the molecule is CCCOc1c(Br)cc(C(=O)NCC(=O)Nc2ccccc2CC)cc1OC. The van der Waals surface area contributed by atoms with Gasteiger partial charge in [-0.1, -0.05) is 32.0 Å². The third kappa shape index (κ3) is 5.73. The summed E-state index contributed by atoms with van der Waals surface area (Å²) in [5.74, 6) is 0.340. The molecule has 0 unspecified atom stereocenters. The normalized spacial score (nSPS) is 10.3. The largest absolute Gasteiger partial charge is 0.493 e. The number of aryl methyl sites for hydroxylation is 1.